The van der Waals surface area contributed by atoms with Crippen molar-refractivity contribution in [2.24, 2.45) is 17.8 Å². The molecule has 1 amide bonds. The lowest BCUT2D eigenvalue weighted by Gasteiger charge is -2.38. The highest BCUT2D eigenvalue weighted by Crippen LogP contribution is 2.66. The second kappa shape index (κ2) is 6.06. The summed E-state index contributed by atoms with van der Waals surface area (Å²) >= 11 is 0. The molecule has 0 aromatic heterocycles. The number of hydrogen-bond acceptors (Lipinski definition) is 4. The molecule has 5 heteroatoms. The predicted molar refractivity (Wildman–Crippen MR) is 102 cm³/mol. The minimum absolute atomic E-state index is 0.0618. The summed E-state index contributed by atoms with van der Waals surface area (Å²) in [5.74, 6) is 1.87. The number of amides is 1. The van der Waals surface area contributed by atoms with Crippen molar-refractivity contribution >= 4 is 11.7 Å². The lowest BCUT2D eigenvalue weighted by molar-refractivity contribution is -0.136. The maximum Gasteiger partial charge on any atom is 0.226 e. The number of hydrogen-bond donors (Lipinski definition) is 0. The largest absolute Gasteiger partial charge is 0.486 e. The fraction of sp³-hybridized carbons (Fsp3) is 0.636. The first-order valence-corrected chi connectivity index (χ1v) is 10.4. The van der Waals surface area contributed by atoms with E-state index in [0.29, 0.717) is 29.6 Å². The van der Waals surface area contributed by atoms with Crippen molar-refractivity contribution in [1.29, 1.82) is 0 Å². The van der Waals surface area contributed by atoms with E-state index in [4.69, 9.17) is 4.74 Å². The molecular weight excluding hydrogens is 340 g/mol. The molecule has 2 heterocycles. The smallest absolute Gasteiger partial charge is 0.226 e. The number of ether oxygens (including phenoxy) is 1. The van der Waals surface area contributed by atoms with Crippen LogP contribution in [0.5, 0.6) is 5.75 Å². The average molecular weight is 368 g/mol. The molecule has 1 spiro atoms. The fourth-order valence-corrected chi connectivity index (χ4v) is 5.76. The number of benzene rings is 1. The number of aryl methyl sites for hydroxylation is 1. The standard InChI is InChI=1S/C22H28N2O3/c1-3-23-8-10-24(11-9-23)21(26)19-15-6-7-22(20(15)19)13-17(25)16-12-14(2)4-5-18(16)27-22/h4-5,12,15,19-20H,3,6-11,13H2,1-2H3/t15-,19+,20+,22-/m1/s1. The van der Waals surface area contributed by atoms with Gasteiger partial charge in [0.1, 0.15) is 11.4 Å². The third-order valence-electron chi connectivity index (χ3n) is 7.30. The van der Waals surface area contributed by atoms with Crippen LogP contribution in [0.1, 0.15) is 42.1 Å². The van der Waals surface area contributed by atoms with Crippen LogP contribution in [-0.2, 0) is 4.79 Å². The molecule has 2 aliphatic heterocycles. The Morgan fingerprint density at radius 2 is 2.04 bits per heavy atom. The van der Waals surface area contributed by atoms with E-state index in [2.05, 4.69) is 11.8 Å². The Hall–Kier alpha value is -1.88. The first kappa shape index (κ1) is 17.2. The van der Waals surface area contributed by atoms with Gasteiger partial charge in [0, 0.05) is 38.0 Å². The van der Waals surface area contributed by atoms with Crippen LogP contribution in [0.2, 0.25) is 0 Å². The first-order chi connectivity index (χ1) is 13.0. The summed E-state index contributed by atoms with van der Waals surface area (Å²) in [5.41, 5.74) is 1.34. The Balaban J connectivity index is 1.33. The van der Waals surface area contributed by atoms with Crippen LogP contribution in [0.15, 0.2) is 18.2 Å². The van der Waals surface area contributed by atoms with E-state index in [1.807, 2.05) is 30.0 Å². The molecule has 1 saturated heterocycles. The monoisotopic (exact) mass is 368 g/mol. The lowest BCUT2D eigenvalue weighted by Crippen LogP contribution is -2.50. The minimum atomic E-state index is -0.449. The number of piperazine rings is 1. The molecule has 27 heavy (non-hydrogen) atoms. The third-order valence-corrected chi connectivity index (χ3v) is 7.30. The van der Waals surface area contributed by atoms with Gasteiger partial charge in [-0.15, -0.1) is 0 Å². The van der Waals surface area contributed by atoms with E-state index in [1.165, 1.54) is 0 Å². The Morgan fingerprint density at radius 3 is 2.78 bits per heavy atom. The summed E-state index contributed by atoms with van der Waals surface area (Å²) in [6.45, 7) is 8.82. The number of carbonyl (C=O) groups excluding carboxylic acids is 2. The van der Waals surface area contributed by atoms with E-state index in [-0.39, 0.29) is 17.6 Å². The summed E-state index contributed by atoms with van der Waals surface area (Å²) < 4.78 is 6.46. The summed E-state index contributed by atoms with van der Waals surface area (Å²) in [6.07, 6.45) is 2.33. The van der Waals surface area contributed by atoms with E-state index in [1.54, 1.807) is 0 Å². The highest BCUT2D eigenvalue weighted by molar-refractivity contribution is 6.01. The minimum Gasteiger partial charge on any atom is -0.486 e. The predicted octanol–water partition coefficient (Wildman–Crippen LogP) is 2.52. The molecule has 0 unspecified atom stereocenters. The van der Waals surface area contributed by atoms with Gasteiger partial charge in [0.2, 0.25) is 5.91 Å². The van der Waals surface area contributed by atoms with Crippen molar-refractivity contribution in [1.82, 2.24) is 9.80 Å². The highest BCUT2D eigenvalue weighted by atomic mass is 16.5. The molecule has 4 atom stereocenters. The van der Waals surface area contributed by atoms with Gasteiger partial charge in [0.25, 0.3) is 0 Å². The van der Waals surface area contributed by atoms with Gasteiger partial charge in [0.05, 0.1) is 12.0 Å². The van der Waals surface area contributed by atoms with Gasteiger partial charge in [-0.05, 0) is 44.4 Å². The maximum atomic E-state index is 13.1. The van der Waals surface area contributed by atoms with Crippen molar-refractivity contribution in [2.75, 3.05) is 32.7 Å². The number of fused-ring (bicyclic) bond motifs is 3. The van der Waals surface area contributed by atoms with E-state index >= 15 is 0 Å². The zero-order valence-electron chi connectivity index (χ0n) is 16.2. The molecule has 144 valence electrons. The summed E-state index contributed by atoms with van der Waals surface area (Å²) in [5, 5.41) is 0. The van der Waals surface area contributed by atoms with Crippen LogP contribution in [0, 0.1) is 24.7 Å². The second-order valence-corrected chi connectivity index (χ2v) is 8.78. The maximum absolute atomic E-state index is 13.1. The Bertz CT molecular complexity index is 799. The Morgan fingerprint density at radius 1 is 1.26 bits per heavy atom. The number of rotatable bonds is 2. The molecule has 2 aliphatic carbocycles. The molecule has 1 aromatic rings. The van der Waals surface area contributed by atoms with E-state index in [9.17, 15) is 9.59 Å². The normalized spacial score (nSPS) is 35.0. The van der Waals surface area contributed by atoms with Crippen LogP contribution in [-0.4, -0.2) is 59.8 Å². The van der Waals surface area contributed by atoms with Crippen molar-refractivity contribution in [3.8, 4) is 5.75 Å². The molecule has 0 N–H and O–H groups in total. The van der Waals surface area contributed by atoms with E-state index < -0.39 is 5.60 Å². The molecular formula is C22H28N2O3. The molecule has 5 rings (SSSR count). The van der Waals surface area contributed by atoms with Crippen molar-refractivity contribution in [2.45, 2.75) is 38.7 Å². The van der Waals surface area contributed by atoms with Crippen molar-refractivity contribution in [3.63, 3.8) is 0 Å². The molecule has 3 fully saturated rings. The second-order valence-electron chi connectivity index (χ2n) is 8.78. The summed E-state index contributed by atoms with van der Waals surface area (Å²) in [6, 6.07) is 5.86. The number of ketones is 1. The van der Waals surface area contributed by atoms with Crippen LogP contribution < -0.4 is 4.74 Å². The zero-order valence-corrected chi connectivity index (χ0v) is 16.2. The van der Waals surface area contributed by atoms with Crippen LogP contribution in [0.3, 0.4) is 0 Å². The molecule has 4 aliphatic rings. The van der Waals surface area contributed by atoms with Gasteiger partial charge in [-0.1, -0.05) is 18.6 Å². The molecule has 1 aromatic carbocycles. The molecule has 5 nitrogen and oxygen atoms in total. The fourth-order valence-electron chi connectivity index (χ4n) is 5.76. The topological polar surface area (TPSA) is 49.9 Å². The average Bonchev–Trinajstić information content (AvgIpc) is 3.32. The zero-order chi connectivity index (χ0) is 18.8. The Kier molecular flexibility index (Phi) is 3.87. The van der Waals surface area contributed by atoms with Gasteiger partial charge in [-0.25, -0.2) is 0 Å². The number of carbonyl (C=O) groups is 2. The number of Topliss-reactive ketones (excluding diaryl/α,β-unsaturated/α-hetero) is 1. The number of likely N-dealkylation sites (N-methyl/N-ethyl adjacent to an activating group) is 1. The third kappa shape index (κ3) is 2.62. The van der Waals surface area contributed by atoms with Gasteiger partial charge < -0.3 is 14.5 Å². The quantitative estimate of drug-likeness (QED) is 0.805. The Labute approximate surface area is 160 Å². The van der Waals surface area contributed by atoms with Crippen LogP contribution in [0.4, 0.5) is 0 Å². The number of nitrogens with zero attached hydrogens (tertiary/aromatic N) is 2. The summed E-state index contributed by atoms with van der Waals surface area (Å²) in [7, 11) is 0. The summed E-state index contributed by atoms with van der Waals surface area (Å²) in [4.78, 5) is 30.4. The van der Waals surface area contributed by atoms with Gasteiger partial charge >= 0.3 is 0 Å². The van der Waals surface area contributed by atoms with Crippen molar-refractivity contribution in [3.05, 3.63) is 29.3 Å². The van der Waals surface area contributed by atoms with Gasteiger partial charge in [0.15, 0.2) is 5.78 Å². The highest BCUT2D eigenvalue weighted by Gasteiger charge is 2.71. The molecule has 0 radical (unpaired) electrons. The molecule has 2 saturated carbocycles. The van der Waals surface area contributed by atoms with E-state index in [0.717, 1.165) is 51.1 Å². The van der Waals surface area contributed by atoms with Crippen LogP contribution >= 0.6 is 0 Å². The van der Waals surface area contributed by atoms with Crippen molar-refractivity contribution < 1.29 is 14.3 Å². The lowest BCUT2D eigenvalue weighted by atomic mass is 9.84. The van der Waals surface area contributed by atoms with Crippen LogP contribution in [0.25, 0.3) is 0 Å². The SMILES string of the molecule is CCN1CCN(C(=O)[C@H]2[C@H]3CC[C@@]4(CC(=O)c5cc(C)ccc5O4)[C@@H]32)CC1. The van der Waals surface area contributed by atoms with Gasteiger partial charge in [-0.2, -0.15) is 0 Å². The molecule has 0 bridgehead atoms. The first-order valence-electron chi connectivity index (χ1n) is 10.4. The van der Waals surface area contributed by atoms with Gasteiger partial charge in [-0.3, -0.25) is 9.59 Å².